The molecule has 0 radical (unpaired) electrons. The Labute approximate surface area is 86.1 Å². The molecule has 1 heteroatoms. The Balaban J connectivity index is 2.56. The summed E-state index contributed by atoms with van der Waals surface area (Å²) in [5.41, 5.74) is 4.52. The summed E-state index contributed by atoms with van der Waals surface area (Å²) in [4.78, 5) is 0. The van der Waals surface area contributed by atoms with Gasteiger partial charge in [-0.3, -0.25) is 0 Å². The minimum atomic E-state index is 0.568. The highest BCUT2D eigenvalue weighted by Crippen LogP contribution is 2.36. The van der Waals surface area contributed by atoms with E-state index in [9.17, 15) is 0 Å². The number of hydrogen-bond acceptors (Lipinski definition) is 1. The van der Waals surface area contributed by atoms with Crippen molar-refractivity contribution in [2.45, 2.75) is 39.0 Å². The smallest absolute Gasteiger partial charge is 0.122 e. The van der Waals surface area contributed by atoms with E-state index in [0.29, 0.717) is 5.92 Å². The third kappa shape index (κ3) is 1.41. The molecule has 0 aromatic heterocycles. The molecule has 0 heterocycles. The van der Waals surface area contributed by atoms with Gasteiger partial charge in [-0.2, -0.15) is 0 Å². The van der Waals surface area contributed by atoms with Crippen molar-refractivity contribution in [3.63, 3.8) is 0 Å². The second-order valence-corrected chi connectivity index (χ2v) is 4.33. The number of aryl methyl sites for hydroxylation is 1. The van der Waals surface area contributed by atoms with E-state index in [4.69, 9.17) is 4.74 Å². The fraction of sp³-hybridized carbons (Fsp3) is 0.538. The van der Waals surface area contributed by atoms with Crippen LogP contribution in [0.5, 0.6) is 5.75 Å². The number of ether oxygens (including phenoxy) is 1. The van der Waals surface area contributed by atoms with Crippen LogP contribution in [0, 0.1) is 0 Å². The van der Waals surface area contributed by atoms with E-state index in [0.717, 1.165) is 5.75 Å². The Morgan fingerprint density at radius 2 is 2.00 bits per heavy atom. The third-order valence-corrected chi connectivity index (χ3v) is 3.08. The molecule has 1 aliphatic carbocycles. The molecular weight excluding hydrogens is 172 g/mol. The molecule has 0 spiro atoms. The minimum Gasteiger partial charge on any atom is -0.496 e. The van der Waals surface area contributed by atoms with Crippen LogP contribution in [0.2, 0.25) is 0 Å². The van der Waals surface area contributed by atoms with E-state index >= 15 is 0 Å². The first-order valence-electron chi connectivity index (χ1n) is 5.42. The van der Waals surface area contributed by atoms with Crippen LogP contribution in [-0.4, -0.2) is 7.11 Å². The predicted octanol–water partition coefficient (Wildman–Crippen LogP) is 3.31. The Morgan fingerprint density at radius 3 is 2.64 bits per heavy atom. The van der Waals surface area contributed by atoms with Crippen LogP contribution in [-0.2, 0) is 12.8 Å². The number of rotatable bonds is 2. The second-order valence-electron chi connectivity index (χ2n) is 4.33. The molecule has 1 nitrogen and oxygen atoms in total. The standard InChI is InChI=1S/C13H18O/c1-9(2)13-11-6-4-5-10(11)7-8-12(13)14-3/h7-9H,4-6H2,1-3H3. The highest BCUT2D eigenvalue weighted by Gasteiger charge is 2.19. The number of hydrogen-bond donors (Lipinski definition) is 0. The Bertz CT molecular complexity index is 339. The summed E-state index contributed by atoms with van der Waals surface area (Å²) in [5, 5.41) is 0. The van der Waals surface area contributed by atoms with Gasteiger partial charge in [-0.1, -0.05) is 19.9 Å². The SMILES string of the molecule is COc1ccc2c(c1C(C)C)CCC2. The zero-order valence-electron chi connectivity index (χ0n) is 9.26. The van der Waals surface area contributed by atoms with E-state index in [1.54, 1.807) is 12.7 Å². The largest absolute Gasteiger partial charge is 0.496 e. The molecule has 0 bridgehead atoms. The quantitative estimate of drug-likeness (QED) is 0.695. The van der Waals surface area contributed by atoms with Crippen LogP contribution in [0.3, 0.4) is 0 Å². The molecule has 0 fully saturated rings. The van der Waals surface area contributed by atoms with Crippen molar-refractivity contribution in [3.8, 4) is 5.75 Å². The lowest BCUT2D eigenvalue weighted by molar-refractivity contribution is 0.407. The van der Waals surface area contributed by atoms with Crippen molar-refractivity contribution in [2.75, 3.05) is 7.11 Å². The minimum absolute atomic E-state index is 0.568. The second kappa shape index (κ2) is 3.64. The lowest BCUT2D eigenvalue weighted by Gasteiger charge is -2.16. The van der Waals surface area contributed by atoms with Gasteiger partial charge < -0.3 is 4.74 Å². The Morgan fingerprint density at radius 1 is 1.21 bits per heavy atom. The van der Waals surface area contributed by atoms with Crippen molar-refractivity contribution in [1.29, 1.82) is 0 Å². The molecule has 0 atom stereocenters. The molecular formula is C13H18O. The molecule has 76 valence electrons. The fourth-order valence-corrected chi connectivity index (χ4v) is 2.48. The Hall–Kier alpha value is -0.980. The van der Waals surface area contributed by atoms with Crippen molar-refractivity contribution < 1.29 is 4.74 Å². The average Bonchev–Trinajstić information content (AvgIpc) is 2.62. The maximum absolute atomic E-state index is 5.43. The van der Waals surface area contributed by atoms with Gasteiger partial charge in [-0.25, -0.2) is 0 Å². The first-order valence-corrected chi connectivity index (χ1v) is 5.42. The summed E-state index contributed by atoms with van der Waals surface area (Å²) in [7, 11) is 1.77. The summed E-state index contributed by atoms with van der Waals surface area (Å²) in [6.07, 6.45) is 3.79. The highest BCUT2D eigenvalue weighted by atomic mass is 16.5. The van der Waals surface area contributed by atoms with Gasteiger partial charge in [0, 0.05) is 5.56 Å². The zero-order valence-corrected chi connectivity index (χ0v) is 9.26. The Kier molecular flexibility index (Phi) is 2.49. The topological polar surface area (TPSA) is 9.23 Å². The molecule has 14 heavy (non-hydrogen) atoms. The van der Waals surface area contributed by atoms with Crippen molar-refractivity contribution in [1.82, 2.24) is 0 Å². The average molecular weight is 190 g/mol. The lowest BCUT2D eigenvalue weighted by atomic mass is 9.93. The highest BCUT2D eigenvalue weighted by molar-refractivity contribution is 5.48. The van der Waals surface area contributed by atoms with E-state index < -0.39 is 0 Å². The molecule has 1 aliphatic rings. The molecule has 0 unspecified atom stereocenters. The molecule has 2 rings (SSSR count). The van der Waals surface area contributed by atoms with Gasteiger partial charge in [0.25, 0.3) is 0 Å². The molecule has 0 saturated heterocycles. The number of methoxy groups -OCH3 is 1. The number of benzene rings is 1. The van der Waals surface area contributed by atoms with Crippen LogP contribution in [0.15, 0.2) is 12.1 Å². The normalized spacial score (nSPS) is 14.6. The van der Waals surface area contributed by atoms with Gasteiger partial charge >= 0.3 is 0 Å². The van der Waals surface area contributed by atoms with Gasteiger partial charge in [0.2, 0.25) is 0 Å². The van der Waals surface area contributed by atoms with Gasteiger partial charge in [-0.15, -0.1) is 0 Å². The summed E-state index contributed by atoms with van der Waals surface area (Å²) >= 11 is 0. The van der Waals surface area contributed by atoms with E-state index in [1.165, 1.54) is 30.4 Å². The number of fused-ring (bicyclic) bond motifs is 1. The first kappa shape index (κ1) is 9.57. The van der Waals surface area contributed by atoms with Gasteiger partial charge in [0.15, 0.2) is 0 Å². The molecule has 1 aromatic carbocycles. The van der Waals surface area contributed by atoms with E-state index in [-0.39, 0.29) is 0 Å². The molecule has 0 amide bonds. The predicted molar refractivity (Wildman–Crippen MR) is 59.1 cm³/mol. The van der Waals surface area contributed by atoms with Gasteiger partial charge in [-0.05, 0) is 42.4 Å². The van der Waals surface area contributed by atoms with Crippen molar-refractivity contribution in [3.05, 3.63) is 28.8 Å². The molecule has 0 saturated carbocycles. The summed E-state index contributed by atoms with van der Waals surface area (Å²) < 4.78 is 5.43. The van der Waals surface area contributed by atoms with E-state index in [1.807, 2.05) is 0 Å². The first-order chi connectivity index (χ1) is 6.74. The van der Waals surface area contributed by atoms with Crippen LogP contribution in [0.4, 0.5) is 0 Å². The zero-order chi connectivity index (χ0) is 10.1. The monoisotopic (exact) mass is 190 g/mol. The molecule has 0 aliphatic heterocycles. The third-order valence-electron chi connectivity index (χ3n) is 3.08. The van der Waals surface area contributed by atoms with Crippen LogP contribution in [0.25, 0.3) is 0 Å². The molecule has 1 aromatic rings. The van der Waals surface area contributed by atoms with E-state index in [2.05, 4.69) is 26.0 Å². The van der Waals surface area contributed by atoms with Crippen molar-refractivity contribution in [2.24, 2.45) is 0 Å². The summed E-state index contributed by atoms with van der Waals surface area (Å²) in [6, 6.07) is 4.35. The summed E-state index contributed by atoms with van der Waals surface area (Å²) in [5.74, 6) is 1.64. The van der Waals surface area contributed by atoms with Gasteiger partial charge in [0.05, 0.1) is 7.11 Å². The summed E-state index contributed by atoms with van der Waals surface area (Å²) in [6.45, 7) is 4.49. The van der Waals surface area contributed by atoms with Gasteiger partial charge in [0.1, 0.15) is 5.75 Å². The molecule has 0 N–H and O–H groups in total. The fourth-order valence-electron chi connectivity index (χ4n) is 2.48. The lowest BCUT2D eigenvalue weighted by Crippen LogP contribution is -2.00. The maximum Gasteiger partial charge on any atom is 0.122 e. The van der Waals surface area contributed by atoms with Crippen LogP contribution in [0.1, 0.15) is 42.9 Å². The van der Waals surface area contributed by atoms with Crippen molar-refractivity contribution >= 4 is 0 Å². The maximum atomic E-state index is 5.43. The van der Waals surface area contributed by atoms with Crippen LogP contribution < -0.4 is 4.74 Å². The van der Waals surface area contributed by atoms with Crippen LogP contribution >= 0.6 is 0 Å².